The third kappa shape index (κ3) is 5.85. The van der Waals surface area contributed by atoms with E-state index in [2.05, 4.69) is 6.92 Å². The first kappa shape index (κ1) is 17.2. The molecule has 2 rings (SSSR count). The topological polar surface area (TPSA) is 44.8 Å². The van der Waals surface area contributed by atoms with E-state index < -0.39 is 5.97 Å². The molecule has 0 fully saturated rings. The molecule has 4 heteroatoms. The van der Waals surface area contributed by atoms with Crippen molar-refractivity contribution in [1.29, 1.82) is 0 Å². The highest BCUT2D eigenvalue weighted by molar-refractivity contribution is 5.89. The Labute approximate surface area is 136 Å². The van der Waals surface area contributed by atoms with Gasteiger partial charge in [-0.25, -0.2) is 4.79 Å². The molecule has 0 saturated heterocycles. The zero-order chi connectivity index (χ0) is 16.3. The molecule has 0 atom stereocenters. The molecule has 0 N–H and O–H groups in total. The summed E-state index contributed by atoms with van der Waals surface area (Å²) < 4.78 is 5.31. The van der Waals surface area contributed by atoms with Crippen LogP contribution in [0.5, 0.6) is 0 Å². The van der Waals surface area contributed by atoms with Crippen molar-refractivity contribution in [3.8, 4) is 11.1 Å². The minimum Gasteiger partial charge on any atom is -0.379 e. The molecular weight excluding hydrogens is 292 g/mol. The lowest BCUT2D eigenvalue weighted by Gasteiger charge is -2.06. The van der Waals surface area contributed by atoms with E-state index in [1.165, 1.54) is 0 Å². The molecule has 122 valence electrons. The average molecular weight is 314 g/mol. The van der Waals surface area contributed by atoms with Gasteiger partial charge in [0, 0.05) is 6.61 Å². The lowest BCUT2D eigenvalue weighted by atomic mass is 10.0. The van der Waals surface area contributed by atoms with Gasteiger partial charge in [-0.15, -0.1) is 0 Å². The molecular formula is C19H22O4. The van der Waals surface area contributed by atoms with Crippen molar-refractivity contribution < 1.29 is 19.3 Å². The predicted molar refractivity (Wildman–Crippen MR) is 89.0 cm³/mol. The Morgan fingerprint density at radius 2 is 1.57 bits per heavy atom. The number of carbonyl (C=O) groups is 1. The second kappa shape index (κ2) is 9.77. The van der Waals surface area contributed by atoms with Gasteiger partial charge in [0.1, 0.15) is 6.61 Å². The van der Waals surface area contributed by atoms with E-state index in [0.29, 0.717) is 18.8 Å². The van der Waals surface area contributed by atoms with Gasteiger partial charge in [-0.2, -0.15) is 4.89 Å². The largest absolute Gasteiger partial charge is 0.379 e. The minimum atomic E-state index is -0.502. The average Bonchev–Trinajstić information content (AvgIpc) is 2.61. The van der Waals surface area contributed by atoms with Gasteiger partial charge < -0.3 is 4.74 Å². The highest BCUT2D eigenvalue weighted by Crippen LogP contribution is 2.19. The van der Waals surface area contributed by atoms with E-state index in [1.54, 1.807) is 12.1 Å². The number of rotatable bonds is 9. The van der Waals surface area contributed by atoms with Crippen LogP contribution in [0.25, 0.3) is 11.1 Å². The van der Waals surface area contributed by atoms with Gasteiger partial charge in [-0.3, -0.25) is 4.89 Å². The molecule has 0 aromatic heterocycles. The summed E-state index contributed by atoms with van der Waals surface area (Å²) in [5.74, 6) is -0.502. The molecule has 4 nitrogen and oxygen atoms in total. The molecule has 0 aliphatic heterocycles. The summed E-state index contributed by atoms with van der Waals surface area (Å²) in [5.41, 5.74) is 2.61. The summed E-state index contributed by atoms with van der Waals surface area (Å²) in [4.78, 5) is 21.5. The standard InChI is InChI=1S/C19H22O4/c1-2-3-13-21-14-15-22-23-19(20)18-11-9-17(10-12-18)16-7-5-4-6-8-16/h4-12H,2-3,13-15H2,1H3. The molecule has 0 aliphatic carbocycles. The lowest BCUT2D eigenvalue weighted by molar-refractivity contribution is -0.247. The number of unbranched alkanes of at least 4 members (excludes halogenated alkanes) is 1. The zero-order valence-corrected chi connectivity index (χ0v) is 13.4. The van der Waals surface area contributed by atoms with Crippen molar-refractivity contribution in [2.75, 3.05) is 19.8 Å². The second-order valence-corrected chi connectivity index (χ2v) is 5.10. The molecule has 0 radical (unpaired) electrons. The minimum absolute atomic E-state index is 0.234. The van der Waals surface area contributed by atoms with Gasteiger partial charge in [0.2, 0.25) is 0 Å². The Morgan fingerprint density at radius 3 is 2.26 bits per heavy atom. The maximum absolute atomic E-state index is 11.8. The molecule has 2 aromatic carbocycles. The van der Waals surface area contributed by atoms with Gasteiger partial charge >= 0.3 is 5.97 Å². The number of hydrogen-bond acceptors (Lipinski definition) is 4. The third-order valence-corrected chi connectivity index (χ3v) is 3.32. The normalized spacial score (nSPS) is 10.5. The van der Waals surface area contributed by atoms with E-state index in [4.69, 9.17) is 14.5 Å². The van der Waals surface area contributed by atoms with E-state index in [-0.39, 0.29) is 6.61 Å². The van der Waals surface area contributed by atoms with Gasteiger partial charge in [-0.1, -0.05) is 55.8 Å². The monoisotopic (exact) mass is 314 g/mol. The summed E-state index contributed by atoms with van der Waals surface area (Å²) in [6.45, 7) is 3.46. The molecule has 0 unspecified atom stereocenters. The van der Waals surface area contributed by atoms with Crippen molar-refractivity contribution in [2.24, 2.45) is 0 Å². The fourth-order valence-corrected chi connectivity index (χ4v) is 2.01. The molecule has 0 aliphatic rings. The van der Waals surface area contributed by atoms with Crippen LogP contribution in [0.15, 0.2) is 54.6 Å². The van der Waals surface area contributed by atoms with Gasteiger partial charge in [0.05, 0.1) is 12.2 Å². The fourth-order valence-electron chi connectivity index (χ4n) is 2.01. The van der Waals surface area contributed by atoms with Crippen molar-refractivity contribution >= 4 is 5.97 Å². The van der Waals surface area contributed by atoms with E-state index >= 15 is 0 Å². The van der Waals surface area contributed by atoms with Crippen LogP contribution in [0.2, 0.25) is 0 Å². The summed E-state index contributed by atoms with van der Waals surface area (Å²) in [5, 5.41) is 0. The van der Waals surface area contributed by atoms with Crippen LogP contribution in [0.4, 0.5) is 0 Å². The maximum Gasteiger partial charge on any atom is 0.373 e. The molecule has 0 saturated carbocycles. The Bertz CT molecular complexity index is 578. The molecule has 23 heavy (non-hydrogen) atoms. The molecule has 0 heterocycles. The Hall–Kier alpha value is -2.17. The van der Waals surface area contributed by atoms with Crippen LogP contribution < -0.4 is 0 Å². The van der Waals surface area contributed by atoms with Crippen LogP contribution in [-0.2, 0) is 14.5 Å². The van der Waals surface area contributed by atoms with Gasteiger partial charge in [-0.05, 0) is 29.7 Å². The van der Waals surface area contributed by atoms with E-state index in [1.807, 2.05) is 42.5 Å². The number of benzene rings is 2. The zero-order valence-electron chi connectivity index (χ0n) is 13.4. The van der Waals surface area contributed by atoms with Gasteiger partial charge in [0.15, 0.2) is 0 Å². The van der Waals surface area contributed by atoms with Crippen LogP contribution in [-0.4, -0.2) is 25.8 Å². The highest BCUT2D eigenvalue weighted by atomic mass is 17.2. The quantitative estimate of drug-likeness (QED) is 0.394. The van der Waals surface area contributed by atoms with Crippen molar-refractivity contribution in [1.82, 2.24) is 0 Å². The van der Waals surface area contributed by atoms with E-state index in [0.717, 1.165) is 24.0 Å². The SMILES string of the molecule is CCCCOCCOOC(=O)c1ccc(-c2ccccc2)cc1. The second-order valence-electron chi connectivity index (χ2n) is 5.10. The van der Waals surface area contributed by atoms with Crippen molar-refractivity contribution in [3.05, 3.63) is 60.2 Å². The first-order chi connectivity index (χ1) is 11.3. The molecule has 0 amide bonds. The summed E-state index contributed by atoms with van der Waals surface area (Å²) in [6.07, 6.45) is 2.11. The molecule has 0 spiro atoms. The number of ether oxygens (including phenoxy) is 1. The summed E-state index contributed by atoms with van der Waals surface area (Å²) in [6, 6.07) is 17.2. The van der Waals surface area contributed by atoms with E-state index in [9.17, 15) is 4.79 Å². The number of hydrogen-bond donors (Lipinski definition) is 0. The predicted octanol–water partition coefficient (Wildman–Crippen LogP) is 4.26. The van der Waals surface area contributed by atoms with Crippen LogP contribution >= 0.6 is 0 Å². The van der Waals surface area contributed by atoms with Gasteiger partial charge in [0.25, 0.3) is 0 Å². The first-order valence-corrected chi connectivity index (χ1v) is 7.88. The maximum atomic E-state index is 11.8. The smallest absolute Gasteiger partial charge is 0.373 e. The Kier molecular flexibility index (Phi) is 7.30. The van der Waals surface area contributed by atoms with Crippen molar-refractivity contribution in [3.63, 3.8) is 0 Å². The summed E-state index contributed by atoms with van der Waals surface area (Å²) >= 11 is 0. The van der Waals surface area contributed by atoms with Crippen molar-refractivity contribution in [2.45, 2.75) is 19.8 Å². The highest BCUT2D eigenvalue weighted by Gasteiger charge is 2.08. The third-order valence-electron chi connectivity index (χ3n) is 3.32. The fraction of sp³-hybridized carbons (Fsp3) is 0.316. The van der Waals surface area contributed by atoms with Crippen LogP contribution in [0.1, 0.15) is 30.1 Å². The molecule has 0 bridgehead atoms. The first-order valence-electron chi connectivity index (χ1n) is 7.88. The Morgan fingerprint density at radius 1 is 0.870 bits per heavy atom. The number of carbonyl (C=O) groups excluding carboxylic acids is 1. The van der Waals surface area contributed by atoms with Crippen LogP contribution in [0.3, 0.4) is 0 Å². The lowest BCUT2D eigenvalue weighted by Crippen LogP contribution is -2.10. The molecule has 2 aromatic rings. The summed E-state index contributed by atoms with van der Waals surface area (Å²) in [7, 11) is 0. The Balaban J connectivity index is 1.75. The van der Waals surface area contributed by atoms with Crippen LogP contribution in [0, 0.1) is 0 Å².